The summed E-state index contributed by atoms with van der Waals surface area (Å²) >= 11 is 0. The number of likely N-dealkylation sites (tertiary alicyclic amines) is 1. The van der Waals surface area contributed by atoms with E-state index in [1.54, 1.807) is 12.4 Å². The van der Waals surface area contributed by atoms with Crippen LogP contribution < -0.4 is 5.32 Å². The molecule has 0 aliphatic carbocycles. The van der Waals surface area contributed by atoms with Gasteiger partial charge in [-0.25, -0.2) is 0 Å². The molecule has 4 rings (SSSR count). The van der Waals surface area contributed by atoms with Crippen molar-refractivity contribution in [2.45, 2.75) is 32.6 Å². The number of pyridine rings is 1. The van der Waals surface area contributed by atoms with Crippen LogP contribution in [0.5, 0.6) is 0 Å². The molecule has 0 bridgehead atoms. The zero-order valence-corrected chi connectivity index (χ0v) is 19.2. The summed E-state index contributed by atoms with van der Waals surface area (Å²) in [5.74, 6) is 0.122. The molecule has 0 unspecified atom stereocenters. The minimum absolute atomic E-state index is 0.0384. The highest BCUT2D eigenvalue weighted by molar-refractivity contribution is 5.85. The maximum absolute atomic E-state index is 13.3. The highest BCUT2D eigenvalue weighted by atomic mass is 16.2. The highest BCUT2D eigenvalue weighted by Gasteiger charge is 2.43. The Bertz CT molecular complexity index is 1080. The molecule has 33 heavy (non-hydrogen) atoms. The molecule has 2 amide bonds. The van der Waals surface area contributed by atoms with Crippen molar-refractivity contribution < 1.29 is 9.59 Å². The van der Waals surface area contributed by atoms with Crippen LogP contribution in [-0.2, 0) is 22.4 Å². The molecular formula is C28H31N3O2. The van der Waals surface area contributed by atoms with Gasteiger partial charge in [-0.15, -0.1) is 0 Å². The number of rotatable bonds is 7. The monoisotopic (exact) mass is 441 g/mol. The van der Waals surface area contributed by atoms with Crippen molar-refractivity contribution in [1.82, 2.24) is 15.2 Å². The molecule has 1 aliphatic heterocycles. The van der Waals surface area contributed by atoms with Gasteiger partial charge in [-0.05, 0) is 60.6 Å². The van der Waals surface area contributed by atoms with E-state index in [-0.39, 0.29) is 11.8 Å². The summed E-state index contributed by atoms with van der Waals surface area (Å²) < 4.78 is 0. The Morgan fingerprint density at radius 3 is 2.48 bits per heavy atom. The molecule has 1 fully saturated rings. The Kier molecular flexibility index (Phi) is 7.18. The van der Waals surface area contributed by atoms with E-state index >= 15 is 0 Å². The zero-order chi connectivity index (χ0) is 23.1. The van der Waals surface area contributed by atoms with Gasteiger partial charge in [0.2, 0.25) is 11.8 Å². The number of benzene rings is 2. The minimum atomic E-state index is -0.628. The molecule has 2 heterocycles. The fourth-order valence-electron chi connectivity index (χ4n) is 4.78. The van der Waals surface area contributed by atoms with Gasteiger partial charge in [0.25, 0.3) is 0 Å². The van der Waals surface area contributed by atoms with Gasteiger partial charge in [-0.2, -0.15) is 0 Å². The predicted molar refractivity (Wildman–Crippen MR) is 130 cm³/mol. The first-order chi connectivity index (χ1) is 16.1. The van der Waals surface area contributed by atoms with E-state index in [2.05, 4.69) is 28.5 Å². The van der Waals surface area contributed by atoms with Crippen LogP contribution in [0.4, 0.5) is 0 Å². The van der Waals surface area contributed by atoms with Gasteiger partial charge >= 0.3 is 0 Å². The molecule has 2 aromatic carbocycles. The summed E-state index contributed by atoms with van der Waals surface area (Å²) in [6.45, 7) is 3.67. The number of hydrogen-bond donors (Lipinski definition) is 1. The molecule has 170 valence electrons. The van der Waals surface area contributed by atoms with Crippen molar-refractivity contribution in [2.75, 3.05) is 19.6 Å². The number of piperidine rings is 1. The molecule has 5 heteroatoms. The number of carbonyl (C=O) groups excluding carboxylic acids is 2. The summed E-state index contributed by atoms with van der Waals surface area (Å²) in [6.07, 6.45) is 6.14. The molecule has 0 radical (unpaired) electrons. The fraction of sp³-hybridized carbons (Fsp3) is 0.321. The average Bonchev–Trinajstić information content (AvgIpc) is 2.85. The molecule has 0 saturated carbocycles. The number of hydrogen-bond acceptors (Lipinski definition) is 3. The van der Waals surface area contributed by atoms with Gasteiger partial charge in [-0.1, -0.05) is 54.6 Å². The SMILES string of the molecule is CCNC(=O)[C@]1(Cc2cccc(-c3ccncc3)c2)CCCN(C(=O)Cc2ccccc2)C1. The van der Waals surface area contributed by atoms with E-state index < -0.39 is 5.41 Å². The molecule has 1 aliphatic rings. The lowest BCUT2D eigenvalue weighted by Crippen LogP contribution is -2.54. The van der Waals surface area contributed by atoms with Crippen molar-refractivity contribution in [3.63, 3.8) is 0 Å². The first-order valence-electron chi connectivity index (χ1n) is 11.7. The van der Waals surface area contributed by atoms with Crippen LogP contribution in [0, 0.1) is 5.41 Å². The first-order valence-corrected chi connectivity index (χ1v) is 11.7. The van der Waals surface area contributed by atoms with E-state index in [0.717, 1.165) is 35.1 Å². The second-order valence-electron chi connectivity index (χ2n) is 8.83. The molecule has 1 aromatic heterocycles. The second-order valence-corrected chi connectivity index (χ2v) is 8.83. The largest absolute Gasteiger partial charge is 0.356 e. The number of nitrogens with zero attached hydrogens (tertiary/aromatic N) is 2. The van der Waals surface area contributed by atoms with Crippen LogP contribution in [0.1, 0.15) is 30.9 Å². The topological polar surface area (TPSA) is 62.3 Å². The van der Waals surface area contributed by atoms with Crippen molar-refractivity contribution in [1.29, 1.82) is 0 Å². The Morgan fingerprint density at radius 1 is 0.970 bits per heavy atom. The molecular weight excluding hydrogens is 410 g/mol. The maximum atomic E-state index is 13.3. The Balaban J connectivity index is 1.57. The van der Waals surface area contributed by atoms with Crippen LogP contribution in [0.2, 0.25) is 0 Å². The summed E-state index contributed by atoms with van der Waals surface area (Å²) in [4.78, 5) is 32.5. The molecule has 1 N–H and O–H groups in total. The summed E-state index contributed by atoms with van der Waals surface area (Å²) in [5.41, 5.74) is 3.68. The van der Waals surface area contributed by atoms with Crippen LogP contribution in [0.3, 0.4) is 0 Å². The third-order valence-electron chi connectivity index (χ3n) is 6.43. The lowest BCUT2D eigenvalue weighted by atomic mass is 9.74. The minimum Gasteiger partial charge on any atom is -0.356 e. The van der Waals surface area contributed by atoms with Crippen LogP contribution in [0.15, 0.2) is 79.1 Å². The number of aromatic nitrogens is 1. The third-order valence-corrected chi connectivity index (χ3v) is 6.43. The van der Waals surface area contributed by atoms with E-state index in [1.165, 1.54) is 0 Å². The molecule has 1 saturated heterocycles. The van der Waals surface area contributed by atoms with Crippen LogP contribution >= 0.6 is 0 Å². The van der Waals surface area contributed by atoms with Crippen LogP contribution in [-0.4, -0.2) is 41.3 Å². The predicted octanol–water partition coefficient (Wildman–Crippen LogP) is 4.28. The van der Waals surface area contributed by atoms with Crippen LogP contribution in [0.25, 0.3) is 11.1 Å². The molecule has 5 nitrogen and oxygen atoms in total. The van der Waals surface area contributed by atoms with Gasteiger partial charge in [0, 0.05) is 32.0 Å². The van der Waals surface area contributed by atoms with E-state index in [9.17, 15) is 9.59 Å². The van der Waals surface area contributed by atoms with Gasteiger partial charge in [-0.3, -0.25) is 14.6 Å². The summed E-state index contributed by atoms with van der Waals surface area (Å²) in [6, 6.07) is 22.1. The standard InChI is InChI=1S/C28H31N3O2/c1-2-30-27(33)28(20-23-10-6-11-25(18-23)24-12-15-29-16-13-24)14-7-17-31(21-28)26(32)19-22-8-4-3-5-9-22/h3-6,8-13,15-16,18H,2,7,14,17,19-21H2,1H3,(H,30,33)/t28-/m0/s1. The fourth-order valence-corrected chi connectivity index (χ4v) is 4.78. The molecule has 1 atom stereocenters. The Hall–Kier alpha value is -3.47. The lowest BCUT2D eigenvalue weighted by molar-refractivity contribution is -0.141. The Labute approximate surface area is 195 Å². The van der Waals surface area contributed by atoms with Crippen molar-refractivity contribution in [3.05, 3.63) is 90.3 Å². The Morgan fingerprint density at radius 2 is 1.73 bits per heavy atom. The molecule has 0 spiro atoms. The maximum Gasteiger partial charge on any atom is 0.228 e. The third kappa shape index (κ3) is 5.48. The quantitative estimate of drug-likeness (QED) is 0.595. The van der Waals surface area contributed by atoms with Crippen molar-refractivity contribution >= 4 is 11.8 Å². The van der Waals surface area contributed by atoms with Gasteiger partial charge < -0.3 is 10.2 Å². The lowest BCUT2D eigenvalue weighted by Gasteiger charge is -2.42. The summed E-state index contributed by atoms with van der Waals surface area (Å²) in [5, 5.41) is 3.05. The smallest absolute Gasteiger partial charge is 0.228 e. The van der Waals surface area contributed by atoms with Gasteiger partial charge in [0.15, 0.2) is 0 Å². The summed E-state index contributed by atoms with van der Waals surface area (Å²) in [7, 11) is 0. The zero-order valence-electron chi connectivity index (χ0n) is 19.2. The van der Waals surface area contributed by atoms with E-state index in [1.807, 2.05) is 60.4 Å². The van der Waals surface area contributed by atoms with Gasteiger partial charge in [0.1, 0.15) is 0 Å². The number of amides is 2. The first kappa shape index (κ1) is 22.7. The van der Waals surface area contributed by atoms with Crippen molar-refractivity contribution in [3.8, 4) is 11.1 Å². The normalized spacial score (nSPS) is 18.0. The molecule has 3 aromatic rings. The number of nitrogens with one attached hydrogen (secondary N) is 1. The van der Waals surface area contributed by atoms with E-state index in [4.69, 9.17) is 0 Å². The number of carbonyl (C=O) groups is 2. The van der Waals surface area contributed by atoms with Gasteiger partial charge in [0.05, 0.1) is 11.8 Å². The van der Waals surface area contributed by atoms with Crippen molar-refractivity contribution in [2.24, 2.45) is 5.41 Å². The van der Waals surface area contributed by atoms with E-state index in [0.29, 0.717) is 32.5 Å². The second kappa shape index (κ2) is 10.4. The average molecular weight is 442 g/mol. The highest BCUT2D eigenvalue weighted by Crippen LogP contribution is 2.35.